The van der Waals surface area contributed by atoms with E-state index in [1.807, 2.05) is 0 Å². The maximum absolute atomic E-state index is 2.36. The lowest BCUT2D eigenvalue weighted by Gasteiger charge is -2.30. The average molecular weight is 439 g/mol. The van der Waals surface area contributed by atoms with Crippen molar-refractivity contribution in [1.82, 2.24) is 0 Å². The van der Waals surface area contributed by atoms with Crippen LogP contribution in [0.5, 0.6) is 0 Å². The van der Waals surface area contributed by atoms with Gasteiger partial charge in [0, 0.05) is 11.1 Å². The number of unbranched alkanes of at least 4 members (excludes halogenated alkanes) is 6. The Bertz CT molecular complexity index is 689. The van der Waals surface area contributed by atoms with Crippen molar-refractivity contribution in [2.45, 2.75) is 78.3 Å². The van der Waals surface area contributed by atoms with E-state index in [0.29, 0.717) is 0 Å². The van der Waals surface area contributed by atoms with Gasteiger partial charge in [0.15, 0.2) is 0 Å². The van der Waals surface area contributed by atoms with Crippen LogP contribution in [0.4, 0.5) is 0 Å². The number of rotatable bonds is 15. The smallest absolute Gasteiger partial charge is 0.104 e. The van der Waals surface area contributed by atoms with Crippen LogP contribution in [0.15, 0.2) is 48.5 Å². The Labute approximate surface area is 199 Å². The lowest BCUT2D eigenvalue weighted by atomic mass is 10.0. The lowest BCUT2D eigenvalue weighted by molar-refractivity contribution is -0.903. The summed E-state index contributed by atoms with van der Waals surface area (Å²) in [5.41, 5.74) is 5.52. The Kier molecular flexibility index (Phi) is 10.9. The van der Waals surface area contributed by atoms with E-state index in [-0.39, 0.29) is 0 Å². The third-order valence-corrected chi connectivity index (χ3v) is 6.70. The van der Waals surface area contributed by atoms with Crippen molar-refractivity contribution in [2.24, 2.45) is 0 Å². The van der Waals surface area contributed by atoms with E-state index in [9.17, 15) is 0 Å². The summed E-state index contributed by atoms with van der Waals surface area (Å²) in [6, 6.07) is 18.5. The van der Waals surface area contributed by atoms with Crippen molar-refractivity contribution in [1.29, 1.82) is 0 Å². The van der Waals surface area contributed by atoms with E-state index in [0.717, 1.165) is 22.1 Å². The molecule has 0 bridgehead atoms. The van der Waals surface area contributed by atoms with Gasteiger partial charge in [0.1, 0.15) is 13.1 Å². The Morgan fingerprint density at radius 1 is 0.469 bits per heavy atom. The van der Waals surface area contributed by atoms with Gasteiger partial charge in [-0.2, -0.15) is 0 Å². The molecule has 2 aromatic carbocycles. The molecule has 0 aliphatic heterocycles. The van der Waals surface area contributed by atoms with Crippen LogP contribution in [-0.2, 0) is 13.1 Å². The van der Waals surface area contributed by atoms with Gasteiger partial charge in [-0.05, 0) is 36.8 Å². The molecule has 0 saturated carbocycles. The van der Waals surface area contributed by atoms with Gasteiger partial charge in [0.05, 0.1) is 41.3 Å². The number of hydrogen-bond acceptors (Lipinski definition) is 0. The molecule has 178 valence electrons. The normalized spacial score (nSPS) is 12.3. The van der Waals surface area contributed by atoms with E-state index in [4.69, 9.17) is 0 Å². The van der Waals surface area contributed by atoms with Crippen LogP contribution in [0.1, 0.15) is 76.3 Å². The van der Waals surface area contributed by atoms with Crippen molar-refractivity contribution in [3.05, 3.63) is 59.7 Å². The van der Waals surface area contributed by atoms with Gasteiger partial charge >= 0.3 is 0 Å². The van der Waals surface area contributed by atoms with Crippen LogP contribution in [-0.4, -0.2) is 50.2 Å². The third kappa shape index (κ3) is 9.88. The monoisotopic (exact) mass is 438 g/mol. The first-order valence-electron chi connectivity index (χ1n) is 13.1. The Morgan fingerprint density at radius 3 is 1.12 bits per heavy atom. The number of nitrogens with zero attached hydrogens (tertiary/aromatic N) is 2. The van der Waals surface area contributed by atoms with Crippen LogP contribution in [0, 0.1) is 0 Å². The molecule has 0 unspecified atom stereocenters. The van der Waals surface area contributed by atoms with Gasteiger partial charge in [0.25, 0.3) is 0 Å². The highest BCUT2D eigenvalue weighted by Crippen LogP contribution is 2.23. The number of quaternary nitrogens is 2. The van der Waals surface area contributed by atoms with Gasteiger partial charge in [-0.15, -0.1) is 0 Å². The minimum Gasteiger partial charge on any atom is -0.325 e. The molecule has 0 aromatic heterocycles. The molecule has 0 spiro atoms. The van der Waals surface area contributed by atoms with Crippen LogP contribution < -0.4 is 0 Å². The molecule has 32 heavy (non-hydrogen) atoms. The van der Waals surface area contributed by atoms with Crippen LogP contribution in [0.25, 0.3) is 11.1 Å². The molecule has 0 heterocycles. The van der Waals surface area contributed by atoms with Crippen molar-refractivity contribution in [2.75, 3.05) is 41.3 Å². The molecule has 0 saturated heterocycles. The molecule has 0 N–H and O–H groups in total. The first-order chi connectivity index (χ1) is 15.2. The summed E-state index contributed by atoms with van der Waals surface area (Å²) in [4.78, 5) is 0. The fraction of sp³-hybridized carbons (Fsp3) is 0.600. The predicted octanol–water partition coefficient (Wildman–Crippen LogP) is 7.67. The highest BCUT2D eigenvalue weighted by molar-refractivity contribution is 5.63. The molecular weight excluding hydrogens is 388 g/mol. The van der Waals surface area contributed by atoms with Gasteiger partial charge in [-0.3, -0.25) is 0 Å². The van der Waals surface area contributed by atoms with Crippen LogP contribution in [0.3, 0.4) is 0 Å². The molecule has 2 heteroatoms. The number of hydrogen-bond donors (Lipinski definition) is 0. The molecule has 0 amide bonds. The van der Waals surface area contributed by atoms with Crippen LogP contribution in [0.2, 0.25) is 0 Å². The van der Waals surface area contributed by atoms with Crippen molar-refractivity contribution in [3.63, 3.8) is 0 Å². The van der Waals surface area contributed by atoms with E-state index in [1.165, 1.54) is 86.7 Å². The molecule has 0 aliphatic rings. The standard InChI is InChI=1S/C30H50N2/c1-7-9-11-13-23-31(3,4)25-27-15-19-29(20-16-27)30-21-17-28(18-22-30)26-32(5,6)24-14-12-10-8-2/h15-22H,7-14,23-26H2,1-6H3/q+2. The quantitative estimate of drug-likeness (QED) is 0.198. The van der Waals surface area contributed by atoms with Crippen molar-refractivity contribution < 1.29 is 8.97 Å². The molecule has 0 atom stereocenters. The highest BCUT2D eigenvalue weighted by atomic mass is 15.3. The molecule has 0 fully saturated rings. The SMILES string of the molecule is CCCCCC[N+](C)(C)Cc1ccc(-c2ccc(C[N+](C)(C)CCCCCC)cc2)cc1. The topological polar surface area (TPSA) is 0 Å². The second-order valence-corrected chi connectivity index (χ2v) is 11.2. The Hall–Kier alpha value is -1.64. The lowest BCUT2D eigenvalue weighted by Crippen LogP contribution is -2.39. The Morgan fingerprint density at radius 2 is 0.812 bits per heavy atom. The first kappa shape index (κ1) is 26.6. The maximum atomic E-state index is 2.36. The largest absolute Gasteiger partial charge is 0.325 e. The summed E-state index contributed by atoms with van der Waals surface area (Å²) >= 11 is 0. The third-order valence-electron chi connectivity index (χ3n) is 6.70. The fourth-order valence-electron chi connectivity index (χ4n) is 4.69. The second-order valence-electron chi connectivity index (χ2n) is 11.2. The predicted molar refractivity (Wildman–Crippen MR) is 142 cm³/mol. The van der Waals surface area contributed by atoms with E-state index in [1.54, 1.807) is 0 Å². The van der Waals surface area contributed by atoms with E-state index in [2.05, 4.69) is 90.6 Å². The zero-order valence-corrected chi connectivity index (χ0v) is 22.0. The molecule has 0 aliphatic carbocycles. The minimum atomic E-state index is 1.07. The Balaban J connectivity index is 1.90. The van der Waals surface area contributed by atoms with Gasteiger partial charge in [0.2, 0.25) is 0 Å². The van der Waals surface area contributed by atoms with E-state index >= 15 is 0 Å². The zero-order chi connectivity index (χ0) is 23.5. The summed E-state index contributed by atoms with van der Waals surface area (Å²) in [7, 11) is 9.45. The van der Waals surface area contributed by atoms with Crippen molar-refractivity contribution >= 4 is 0 Å². The summed E-state index contributed by atoms with van der Waals surface area (Å²) in [5, 5.41) is 0. The van der Waals surface area contributed by atoms with Gasteiger partial charge in [-0.25, -0.2) is 0 Å². The van der Waals surface area contributed by atoms with Crippen LogP contribution >= 0.6 is 0 Å². The number of benzene rings is 2. The molecule has 2 aromatic rings. The molecule has 2 nitrogen and oxygen atoms in total. The van der Waals surface area contributed by atoms with Gasteiger partial charge in [-0.1, -0.05) is 88.1 Å². The molecule has 0 radical (unpaired) electrons. The highest BCUT2D eigenvalue weighted by Gasteiger charge is 2.16. The summed E-state index contributed by atoms with van der Waals surface area (Å²) in [6.07, 6.45) is 10.7. The molecular formula is C30H50N2+2. The average Bonchev–Trinajstić information content (AvgIpc) is 2.75. The fourth-order valence-corrected chi connectivity index (χ4v) is 4.69. The maximum Gasteiger partial charge on any atom is 0.104 e. The van der Waals surface area contributed by atoms with E-state index < -0.39 is 0 Å². The van der Waals surface area contributed by atoms with Gasteiger partial charge < -0.3 is 8.97 Å². The minimum absolute atomic E-state index is 1.07. The summed E-state index contributed by atoms with van der Waals surface area (Å²) in [5.74, 6) is 0. The molecule has 2 rings (SSSR count). The second kappa shape index (κ2) is 13.2. The van der Waals surface area contributed by atoms with Crippen molar-refractivity contribution in [3.8, 4) is 11.1 Å². The summed E-state index contributed by atoms with van der Waals surface area (Å²) in [6.45, 7) is 9.30. The first-order valence-corrected chi connectivity index (χ1v) is 13.1. The zero-order valence-electron chi connectivity index (χ0n) is 22.0. The summed E-state index contributed by atoms with van der Waals surface area (Å²) < 4.78 is 2.15.